The molecule has 15 heavy (non-hydrogen) atoms. The molecule has 2 aromatic rings. The molecule has 0 N–H and O–H groups in total. The average Bonchev–Trinajstić information content (AvgIpc) is 2.23. The van der Waals surface area contributed by atoms with E-state index in [0.29, 0.717) is 0 Å². The minimum Gasteiger partial charge on any atom is -0.261 e. The Hall–Kier alpha value is -1.41. The highest BCUT2D eigenvalue weighted by atomic mass is 35.5. The minimum atomic E-state index is -0.405. The van der Waals surface area contributed by atoms with Crippen LogP contribution in [0.1, 0.15) is 5.69 Å². The van der Waals surface area contributed by atoms with Crippen LogP contribution in [0.4, 0.5) is 4.39 Å². The highest BCUT2D eigenvalue weighted by molar-refractivity contribution is 6.30. The molecule has 0 saturated heterocycles. The van der Waals surface area contributed by atoms with Crippen LogP contribution in [0.5, 0.6) is 0 Å². The first kappa shape index (κ1) is 10.1. The molecule has 0 spiro atoms. The van der Waals surface area contributed by atoms with Gasteiger partial charge in [0, 0.05) is 17.5 Å². The first-order valence-electron chi connectivity index (χ1n) is 4.55. The van der Waals surface area contributed by atoms with Gasteiger partial charge >= 0.3 is 0 Å². The van der Waals surface area contributed by atoms with Gasteiger partial charge < -0.3 is 0 Å². The van der Waals surface area contributed by atoms with Crippen molar-refractivity contribution in [1.29, 1.82) is 0 Å². The topological polar surface area (TPSA) is 12.9 Å². The molecule has 0 aliphatic heterocycles. The van der Waals surface area contributed by atoms with Crippen LogP contribution in [0, 0.1) is 12.7 Å². The number of rotatable bonds is 1. The van der Waals surface area contributed by atoms with E-state index in [1.807, 2.05) is 19.1 Å². The third-order valence-corrected chi connectivity index (χ3v) is 2.54. The van der Waals surface area contributed by atoms with E-state index in [4.69, 9.17) is 11.6 Å². The molecule has 0 amide bonds. The van der Waals surface area contributed by atoms with Gasteiger partial charge in [-0.2, -0.15) is 0 Å². The second kappa shape index (κ2) is 3.99. The largest absolute Gasteiger partial charge is 0.261 e. The van der Waals surface area contributed by atoms with E-state index in [2.05, 4.69) is 4.98 Å². The maximum Gasteiger partial charge on any atom is 0.142 e. The van der Waals surface area contributed by atoms with Gasteiger partial charge in [-0.05, 0) is 30.7 Å². The molecule has 0 bridgehead atoms. The second-order valence-electron chi connectivity index (χ2n) is 3.27. The van der Waals surface area contributed by atoms with Crippen molar-refractivity contribution < 1.29 is 4.39 Å². The number of pyridine rings is 1. The van der Waals surface area contributed by atoms with E-state index in [-0.39, 0.29) is 5.02 Å². The molecule has 1 aromatic heterocycles. The Morgan fingerprint density at radius 2 is 2.07 bits per heavy atom. The Balaban J connectivity index is 2.55. The van der Waals surface area contributed by atoms with Crippen molar-refractivity contribution in [1.82, 2.24) is 4.98 Å². The number of benzene rings is 1. The lowest BCUT2D eigenvalue weighted by Crippen LogP contribution is -1.87. The van der Waals surface area contributed by atoms with Crippen molar-refractivity contribution in [3.8, 4) is 11.1 Å². The van der Waals surface area contributed by atoms with E-state index in [1.54, 1.807) is 18.3 Å². The number of aromatic nitrogens is 1. The van der Waals surface area contributed by atoms with Crippen LogP contribution < -0.4 is 0 Å². The Labute approximate surface area is 92.5 Å². The number of nitrogens with zero attached hydrogens (tertiary/aromatic N) is 1. The van der Waals surface area contributed by atoms with Gasteiger partial charge in [-0.15, -0.1) is 0 Å². The van der Waals surface area contributed by atoms with E-state index in [0.717, 1.165) is 16.8 Å². The summed E-state index contributed by atoms with van der Waals surface area (Å²) in [5.41, 5.74) is 2.59. The van der Waals surface area contributed by atoms with Crippen LogP contribution in [0.15, 0.2) is 36.5 Å². The molecule has 0 atom stereocenters. The van der Waals surface area contributed by atoms with Crippen molar-refractivity contribution in [3.63, 3.8) is 0 Å². The molecule has 0 radical (unpaired) electrons. The van der Waals surface area contributed by atoms with Crippen LogP contribution in [0.3, 0.4) is 0 Å². The van der Waals surface area contributed by atoms with Crippen LogP contribution in [-0.4, -0.2) is 4.98 Å². The number of hydrogen-bond acceptors (Lipinski definition) is 1. The SMILES string of the molecule is Cc1ncccc1-c1ccc(Cl)c(F)c1. The van der Waals surface area contributed by atoms with Gasteiger partial charge in [0.25, 0.3) is 0 Å². The Morgan fingerprint density at radius 1 is 1.27 bits per heavy atom. The third-order valence-electron chi connectivity index (χ3n) is 2.24. The molecule has 0 unspecified atom stereocenters. The summed E-state index contributed by atoms with van der Waals surface area (Å²) in [5.74, 6) is -0.405. The van der Waals surface area contributed by atoms with E-state index < -0.39 is 5.82 Å². The normalized spacial score (nSPS) is 10.3. The van der Waals surface area contributed by atoms with E-state index in [1.165, 1.54) is 6.07 Å². The Morgan fingerprint density at radius 3 is 2.73 bits per heavy atom. The highest BCUT2D eigenvalue weighted by Crippen LogP contribution is 2.25. The summed E-state index contributed by atoms with van der Waals surface area (Å²) >= 11 is 5.62. The van der Waals surface area contributed by atoms with Crippen LogP contribution >= 0.6 is 11.6 Å². The lowest BCUT2D eigenvalue weighted by Gasteiger charge is -2.05. The molecule has 1 heterocycles. The number of aryl methyl sites for hydroxylation is 1. The maximum atomic E-state index is 13.2. The third kappa shape index (κ3) is 2.00. The Bertz CT molecular complexity index is 497. The molecule has 3 heteroatoms. The van der Waals surface area contributed by atoms with Gasteiger partial charge in [-0.25, -0.2) is 4.39 Å². The summed E-state index contributed by atoms with van der Waals surface area (Å²) in [7, 11) is 0. The monoisotopic (exact) mass is 221 g/mol. The van der Waals surface area contributed by atoms with Gasteiger partial charge in [0.1, 0.15) is 5.82 Å². The lowest BCUT2D eigenvalue weighted by atomic mass is 10.0. The van der Waals surface area contributed by atoms with Gasteiger partial charge in [0.15, 0.2) is 0 Å². The number of hydrogen-bond donors (Lipinski definition) is 0. The fraction of sp³-hybridized carbons (Fsp3) is 0.0833. The molecule has 0 aliphatic carbocycles. The smallest absolute Gasteiger partial charge is 0.142 e. The highest BCUT2D eigenvalue weighted by Gasteiger charge is 2.05. The Kier molecular flexibility index (Phi) is 2.69. The molecule has 76 valence electrons. The molecule has 1 nitrogen and oxygen atoms in total. The van der Waals surface area contributed by atoms with Crippen LogP contribution in [-0.2, 0) is 0 Å². The van der Waals surface area contributed by atoms with Gasteiger partial charge in [-0.3, -0.25) is 4.98 Å². The van der Waals surface area contributed by atoms with E-state index in [9.17, 15) is 4.39 Å². The second-order valence-corrected chi connectivity index (χ2v) is 3.67. The maximum absolute atomic E-state index is 13.2. The van der Waals surface area contributed by atoms with Crippen molar-refractivity contribution in [3.05, 3.63) is 53.1 Å². The molecular weight excluding hydrogens is 213 g/mol. The summed E-state index contributed by atoms with van der Waals surface area (Å²) in [5, 5.41) is 0.139. The lowest BCUT2D eigenvalue weighted by molar-refractivity contribution is 0.629. The predicted octanol–water partition coefficient (Wildman–Crippen LogP) is 3.85. The van der Waals surface area contributed by atoms with Crippen LogP contribution in [0.2, 0.25) is 5.02 Å². The molecule has 0 aliphatic rings. The standard InChI is InChI=1S/C12H9ClFN/c1-8-10(3-2-6-15-8)9-4-5-11(13)12(14)7-9/h2-7H,1H3. The quantitative estimate of drug-likeness (QED) is 0.713. The number of halogens is 2. The van der Waals surface area contributed by atoms with Crippen molar-refractivity contribution in [2.24, 2.45) is 0 Å². The van der Waals surface area contributed by atoms with Gasteiger partial charge in [0.2, 0.25) is 0 Å². The molecule has 2 rings (SSSR count). The van der Waals surface area contributed by atoms with Gasteiger partial charge in [-0.1, -0.05) is 23.7 Å². The molecule has 1 aromatic carbocycles. The summed E-state index contributed by atoms with van der Waals surface area (Å²) in [6.07, 6.45) is 1.71. The fourth-order valence-corrected chi connectivity index (χ4v) is 1.57. The summed E-state index contributed by atoms with van der Waals surface area (Å²) < 4.78 is 13.2. The van der Waals surface area contributed by atoms with Crippen molar-refractivity contribution in [2.75, 3.05) is 0 Å². The first-order valence-corrected chi connectivity index (χ1v) is 4.93. The first-order chi connectivity index (χ1) is 7.18. The summed E-state index contributed by atoms with van der Waals surface area (Å²) in [6, 6.07) is 8.50. The van der Waals surface area contributed by atoms with Gasteiger partial charge in [0.05, 0.1) is 5.02 Å². The fourth-order valence-electron chi connectivity index (χ4n) is 1.45. The summed E-state index contributed by atoms with van der Waals surface area (Å²) in [6.45, 7) is 1.89. The minimum absolute atomic E-state index is 0.139. The van der Waals surface area contributed by atoms with Crippen molar-refractivity contribution >= 4 is 11.6 Å². The molecular formula is C12H9ClFN. The predicted molar refractivity (Wildman–Crippen MR) is 59.4 cm³/mol. The average molecular weight is 222 g/mol. The zero-order valence-corrected chi connectivity index (χ0v) is 8.92. The van der Waals surface area contributed by atoms with Crippen molar-refractivity contribution in [2.45, 2.75) is 6.92 Å². The van der Waals surface area contributed by atoms with Crippen LogP contribution in [0.25, 0.3) is 11.1 Å². The zero-order chi connectivity index (χ0) is 10.8. The summed E-state index contributed by atoms with van der Waals surface area (Å²) in [4.78, 5) is 4.15. The van der Waals surface area contributed by atoms with E-state index >= 15 is 0 Å². The zero-order valence-electron chi connectivity index (χ0n) is 8.17. The molecule has 0 fully saturated rings. The molecule has 0 saturated carbocycles.